The highest BCUT2D eigenvalue weighted by molar-refractivity contribution is 7.89. The van der Waals surface area contributed by atoms with Crippen LogP contribution in [0.15, 0.2) is 47.9 Å². The predicted molar refractivity (Wildman–Crippen MR) is 81.3 cm³/mol. The number of halogens is 1. The standard InChI is InChI=1S/C14H16ClN3O2S/c1-11(2)18(10-12-4-3-6-16-8-12)21(19,20)14-9-17-7-5-13(14)15/h3-9,11H,10H2,1-2H3. The third-order valence-electron chi connectivity index (χ3n) is 2.96. The van der Waals surface area contributed by atoms with Crippen LogP contribution in [0.3, 0.4) is 0 Å². The maximum absolute atomic E-state index is 12.8. The molecule has 0 bridgehead atoms. The lowest BCUT2D eigenvalue weighted by Gasteiger charge is -2.26. The van der Waals surface area contributed by atoms with Crippen LogP contribution in [0, 0.1) is 0 Å². The van der Waals surface area contributed by atoms with Gasteiger partial charge in [-0.3, -0.25) is 9.97 Å². The molecule has 0 saturated heterocycles. The zero-order valence-corrected chi connectivity index (χ0v) is 13.3. The fraction of sp³-hybridized carbons (Fsp3) is 0.286. The summed E-state index contributed by atoms with van der Waals surface area (Å²) in [4.78, 5) is 7.89. The van der Waals surface area contributed by atoms with E-state index in [2.05, 4.69) is 9.97 Å². The van der Waals surface area contributed by atoms with Gasteiger partial charge in [0.2, 0.25) is 10.0 Å². The number of hydrogen-bond acceptors (Lipinski definition) is 4. The Kier molecular flexibility index (Phi) is 4.92. The van der Waals surface area contributed by atoms with Crippen molar-refractivity contribution >= 4 is 21.6 Å². The summed E-state index contributed by atoms with van der Waals surface area (Å²) in [5.41, 5.74) is 0.815. The fourth-order valence-corrected chi connectivity index (χ4v) is 3.93. The lowest BCUT2D eigenvalue weighted by molar-refractivity contribution is 0.347. The number of aromatic nitrogens is 2. The largest absolute Gasteiger partial charge is 0.264 e. The van der Waals surface area contributed by atoms with Crippen LogP contribution < -0.4 is 0 Å². The monoisotopic (exact) mass is 325 g/mol. The molecule has 7 heteroatoms. The number of hydrogen-bond donors (Lipinski definition) is 0. The van der Waals surface area contributed by atoms with E-state index >= 15 is 0 Å². The molecule has 0 unspecified atom stereocenters. The van der Waals surface area contributed by atoms with E-state index in [1.165, 1.54) is 22.8 Å². The van der Waals surface area contributed by atoms with Crippen molar-refractivity contribution < 1.29 is 8.42 Å². The van der Waals surface area contributed by atoms with Gasteiger partial charge in [-0.25, -0.2) is 8.42 Å². The average molecular weight is 326 g/mol. The molecular formula is C14H16ClN3O2S. The predicted octanol–water partition coefficient (Wildman–Crippen LogP) is 2.73. The number of rotatable bonds is 5. The zero-order valence-electron chi connectivity index (χ0n) is 11.8. The fourth-order valence-electron chi connectivity index (χ4n) is 1.90. The molecule has 0 N–H and O–H groups in total. The summed E-state index contributed by atoms with van der Waals surface area (Å²) in [5, 5.41) is 0.168. The molecular weight excluding hydrogens is 310 g/mol. The molecule has 2 aromatic rings. The summed E-state index contributed by atoms with van der Waals surface area (Å²) in [5.74, 6) is 0. The van der Waals surface area contributed by atoms with Gasteiger partial charge in [-0.2, -0.15) is 4.31 Å². The van der Waals surface area contributed by atoms with Crippen molar-refractivity contribution in [3.8, 4) is 0 Å². The van der Waals surface area contributed by atoms with Crippen LogP contribution in [-0.4, -0.2) is 28.7 Å². The van der Waals surface area contributed by atoms with E-state index in [4.69, 9.17) is 11.6 Å². The van der Waals surface area contributed by atoms with Crippen LogP contribution >= 0.6 is 11.6 Å². The van der Waals surface area contributed by atoms with Gasteiger partial charge in [-0.1, -0.05) is 17.7 Å². The Bertz CT molecular complexity index is 705. The van der Waals surface area contributed by atoms with E-state index in [9.17, 15) is 8.42 Å². The lowest BCUT2D eigenvalue weighted by atomic mass is 10.2. The van der Waals surface area contributed by atoms with Crippen molar-refractivity contribution in [2.75, 3.05) is 0 Å². The average Bonchev–Trinajstić information content (AvgIpc) is 2.45. The van der Waals surface area contributed by atoms with Gasteiger partial charge in [0.1, 0.15) is 4.90 Å². The Balaban J connectivity index is 2.40. The Morgan fingerprint density at radius 2 is 1.90 bits per heavy atom. The van der Waals surface area contributed by atoms with Gasteiger partial charge in [0.05, 0.1) is 5.02 Å². The van der Waals surface area contributed by atoms with Gasteiger partial charge < -0.3 is 0 Å². The number of pyridine rings is 2. The maximum atomic E-state index is 12.8. The zero-order chi connectivity index (χ0) is 15.5. The molecule has 0 saturated carbocycles. The normalized spacial score (nSPS) is 12.0. The molecule has 0 aliphatic carbocycles. The van der Waals surface area contributed by atoms with Gasteiger partial charge in [0.25, 0.3) is 0 Å². The van der Waals surface area contributed by atoms with Crippen molar-refractivity contribution in [2.45, 2.75) is 31.3 Å². The topological polar surface area (TPSA) is 63.2 Å². The maximum Gasteiger partial charge on any atom is 0.246 e. The second-order valence-electron chi connectivity index (χ2n) is 4.81. The molecule has 0 aliphatic heterocycles. The van der Waals surface area contributed by atoms with E-state index in [0.717, 1.165) is 5.56 Å². The molecule has 2 aromatic heterocycles. The summed E-state index contributed by atoms with van der Waals surface area (Å²) >= 11 is 6.00. The first-order valence-electron chi connectivity index (χ1n) is 6.43. The molecule has 21 heavy (non-hydrogen) atoms. The Morgan fingerprint density at radius 3 is 2.48 bits per heavy atom. The van der Waals surface area contributed by atoms with Gasteiger partial charge in [0.15, 0.2) is 0 Å². The highest BCUT2D eigenvalue weighted by Gasteiger charge is 2.29. The summed E-state index contributed by atoms with van der Waals surface area (Å²) in [6.45, 7) is 3.87. The van der Waals surface area contributed by atoms with Crippen molar-refractivity contribution in [1.82, 2.24) is 14.3 Å². The molecule has 2 rings (SSSR count). The molecule has 112 valence electrons. The van der Waals surface area contributed by atoms with Crippen molar-refractivity contribution in [3.63, 3.8) is 0 Å². The first-order valence-corrected chi connectivity index (χ1v) is 8.25. The van der Waals surface area contributed by atoms with Crippen molar-refractivity contribution in [2.24, 2.45) is 0 Å². The molecule has 0 aromatic carbocycles. The quantitative estimate of drug-likeness (QED) is 0.848. The number of sulfonamides is 1. The van der Waals surface area contributed by atoms with E-state index in [1.54, 1.807) is 18.5 Å². The van der Waals surface area contributed by atoms with Crippen LogP contribution in [0.5, 0.6) is 0 Å². The van der Waals surface area contributed by atoms with Gasteiger partial charge in [0, 0.05) is 37.4 Å². The minimum absolute atomic E-state index is 0.0178. The van der Waals surface area contributed by atoms with E-state index in [1.807, 2.05) is 19.9 Å². The summed E-state index contributed by atoms with van der Waals surface area (Å²) in [6, 6.07) is 4.86. The third-order valence-corrected chi connectivity index (χ3v) is 5.45. The van der Waals surface area contributed by atoms with E-state index in [-0.39, 0.29) is 22.5 Å². The molecule has 0 atom stereocenters. The minimum Gasteiger partial charge on any atom is -0.264 e. The molecule has 0 radical (unpaired) electrons. The summed E-state index contributed by atoms with van der Waals surface area (Å²) in [6.07, 6.45) is 6.03. The van der Waals surface area contributed by atoms with Crippen LogP contribution in [0.2, 0.25) is 5.02 Å². The van der Waals surface area contributed by atoms with E-state index in [0.29, 0.717) is 0 Å². The van der Waals surface area contributed by atoms with Crippen LogP contribution in [-0.2, 0) is 16.6 Å². The number of nitrogens with zero attached hydrogens (tertiary/aromatic N) is 3. The highest BCUT2D eigenvalue weighted by atomic mass is 35.5. The highest BCUT2D eigenvalue weighted by Crippen LogP contribution is 2.26. The molecule has 0 spiro atoms. The van der Waals surface area contributed by atoms with Crippen LogP contribution in [0.25, 0.3) is 0 Å². The Labute approximate surface area is 129 Å². The van der Waals surface area contributed by atoms with Crippen molar-refractivity contribution in [1.29, 1.82) is 0 Å². The Morgan fingerprint density at radius 1 is 1.19 bits per heavy atom. The molecule has 5 nitrogen and oxygen atoms in total. The molecule has 2 heterocycles. The first-order chi connectivity index (χ1) is 9.93. The second kappa shape index (κ2) is 6.51. The molecule has 0 fully saturated rings. The molecule has 0 aliphatic rings. The van der Waals surface area contributed by atoms with E-state index < -0.39 is 10.0 Å². The van der Waals surface area contributed by atoms with Crippen molar-refractivity contribution in [3.05, 3.63) is 53.6 Å². The Hall–Kier alpha value is -1.50. The van der Waals surface area contributed by atoms with Crippen LogP contribution in [0.4, 0.5) is 0 Å². The van der Waals surface area contributed by atoms with Gasteiger partial charge in [-0.05, 0) is 31.5 Å². The van der Waals surface area contributed by atoms with Gasteiger partial charge in [-0.15, -0.1) is 0 Å². The summed E-state index contributed by atoms with van der Waals surface area (Å²) in [7, 11) is -3.72. The smallest absolute Gasteiger partial charge is 0.246 e. The second-order valence-corrected chi connectivity index (χ2v) is 7.08. The lowest BCUT2D eigenvalue weighted by Crippen LogP contribution is -2.36. The molecule has 0 amide bonds. The SMILES string of the molecule is CC(C)N(Cc1cccnc1)S(=O)(=O)c1cnccc1Cl. The van der Waals surface area contributed by atoms with Gasteiger partial charge >= 0.3 is 0 Å². The minimum atomic E-state index is -3.72. The summed E-state index contributed by atoms with van der Waals surface area (Å²) < 4.78 is 26.9. The third kappa shape index (κ3) is 3.58. The first kappa shape index (κ1) is 15.9. The van der Waals surface area contributed by atoms with Crippen LogP contribution in [0.1, 0.15) is 19.4 Å².